The lowest BCUT2D eigenvalue weighted by Gasteiger charge is -2.25. The van der Waals surface area contributed by atoms with Gasteiger partial charge in [-0.2, -0.15) is 13.2 Å². The van der Waals surface area contributed by atoms with E-state index in [0.717, 1.165) is 12.1 Å². The molecule has 1 aromatic rings. The monoisotopic (exact) mass is 287 g/mol. The number of Topliss-reactive ketones (excluding diaryl/α,β-unsaturated/α-hetero) is 1. The number of benzene rings is 1. The van der Waals surface area contributed by atoms with Crippen molar-refractivity contribution in [1.29, 1.82) is 0 Å². The molecule has 1 fully saturated rings. The average Bonchev–Trinajstić information content (AvgIpc) is 2.38. The minimum absolute atomic E-state index is 0.0631. The van der Waals surface area contributed by atoms with Crippen LogP contribution < -0.4 is 4.74 Å². The van der Waals surface area contributed by atoms with Gasteiger partial charge in [-0.3, -0.25) is 4.79 Å². The van der Waals surface area contributed by atoms with E-state index in [0.29, 0.717) is 0 Å². The Morgan fingerprint density at radius 1 is 1.20 bits per heavy atom. The van der Waals surface area contributed by atoms with Gasteiger partial charge in [0, 0.05) is 25.9 Å². The molecule has 1 heterocycles. The van der Waals surface area contributed by atoms with Crippen molar-refractivity contribution in [3.63, 3.8) is 0 Å². The van der Waals surface area contributed by atoms with Crippen LogP contribution >= 0.6 is 0 Å². The van der Waals surface area contributed by atoms with Crippen LogP contribution in [0.2, 0.25) is 0 Å². The first-order chi connectivity index (χ1) is 9.36. The van der Waals surface area contributed by atoms with E-state index < -0.39 is 17.8 Å². The Morgan fingerprint density at radius 3 is 2.45 bits per heavy atom. The smallest absolute Gasteiger partial charge is 0.410 e. The molecule has 1 aliphatic rings. The average molecular weight is 287 g/mol. The Hall–Kier alpha value is -2.05. The Kier molecular flexibility index (Phi) is 3.96. The fourth-order valence-electron chi connectivity index (χ4n) is 1.84. The molecule has 0 radical (unpaired) electrons. The standard InChI is InChI=1S/C13H12F3NO3/c14-13(15,16)9-2-1-3-11(8-9)20-12(19)17-6-4-10(18)5-7-17/h1-3,8H,4-7H2. The van der Waals surface area contributed by atoms with Crippen molar-refractivity contribution < 1.29 is 27.5 Å². The van der Waals surface area contributed by atoms with Gasteiger partial charge in [0.2, 0.25) is 0 Å². The fraction of sp³-hybridized carbons (Fsp3) is 0.385. The summed E-state index contributed by atoms with van der Waals surface area (Å²) in [4.78, 5) is 24.1. The van der Waals surface area contributed by atoms with Gasteiger partial charge in [0.1, 0.15) is 11.5 Å². The van der Waals surface area contributed by atoms with Crippen molar-refractivity contribution in [1.82, 2.24) is 4.90 Å². The topological polar surface area (TPSA) is 46.6 Å². The van der Waals surface area contributed by atoms with E-state index in [-0.39, 0.29) is 37.5 Å². The number of hydrogen-bond acceptors (Lipinski definition) is 3. The molecule has 1 aromatic carbocycles. The molecule has 1 amide bonds. The molecule has 7 heteroatoms. The van der Waals surface area contributed by atoms with Crippen molar-refractivity contribution in [2.24, 2.45) is 0 Å². The van der Waals surface area contributed by atoms with E-state index in [1.54, 1.807) is 0 Å². The molecule has 0 saturated carbocycles. The second-order valence-corrected chi connectivity index (χ2v) is 4.42. The quantitative estimate of drug-likeness (QED) is 0.798. The molecule has 0 N–H and O–H groups in total. The number of ketones is 1. The zero-order chi connectivity index (χ0) is 14.8. The van der Waals surface area contributed by atoms with Crippen LogP contribution in [0.4, 0.5) is 18.0 Å². The molecular formula is C13H12F3NO3. The molecule has 0 atom stereocenters. The van der Waals surface area contributed by atoms with Gasteiger partial charge >= 0.3 is 12.3 Å². The third-order valence-electron chi connectivity index (χ3n) is 2.95. The number of hydrogen-bond donors (Lipinski definition) is 0. The molecule has 20 heavy (non-hydrogen) atoms. The number of piperidine rings is 1. The van der Waals surface area contributed by atoms with Crippen LogP contribution in [0.25, 0.3) is 0 Å². The predicted molar refractivity (Wildman–Crippen MR) is 63.3 cm³/mol. The van der Waals surface area contributed by atoms with Crippen molar-refractivity contribution >= 4 is 11.9 Å². The third kappa shape index (κ3) is 3.49. The van der Waals surface area contributed by atoms with E-state index >= 15 is 0 Å². The number of carbonyl (C=O) groups is 2. The number of amides is 1. The SMILES string of the molecule is O=C1CCN(C(=O)Oc2cccc(C(F)(F)F)c2)CC1. The largest absolute Gasteiger partial charge is 0.416 e. The van der Waals surface area contributed by atoms with Gasteiger partial charge in [-0.1, -0.05) is 6.07 Å². The molecule has 0 aliphatic carbocycles. The summed E-state index contributed by atoms with van der Waals surface area (Å²) in [6.07, 6.45) is -4.73. The number of nitrogens with zero attached hydrogens (tertiary/aromatic N) is 1. The van der Waals surface area contributed by atoms with E-state index in [2.05, 4.69) is 0 Å². The van der Waals surface area contributed by atoms with Crippen LogP contribution in [-0.2, 0) is 11.0 Å². The summed E-state index contributed by atoms with van der Waals surface area (Å²) < 4.78 is 42.4. The molecule has 108 valence electrons. The highest BCUT2D eigenvalue weighted by molar-refractivity contribution is 5.81. The van der Waals surface area contributed by atoms with Crippen LogP contribution in [0.3, 0.4) is 0 Å². The number of ether oxygens (including phenoxy) is 1. The van der Waals surface area contributed by atoms with E-state index in [1.807, 2.05) is 0 Å². The second kappa shape index (κ2) is 5.52. The summed E-state index contributed by atoms with van der Waals surface area (Å²) in [7, 11) is 0. The molecule has 1 aliphatic heterocycles. The van der Waals surface area contributed by atoms with Crippen molar-refractivity contribution in [2.75, 3.05) is 13.1 Å². The normalized spacial score (nSPS) is 16.1. The first-order valence-electron chi connectivity index (χ1n) is 6.02. The molecule has 2 rings (SSSR count). The molecule has 0 aromatic heterocycles. The molecule has 4 nitrogen and oxygen atoms in total. The van der Waals surface area contributed by atoms with Gasteiger partial charge in [0.25, 0.3) is 0 Å². The van der Waals surface area contributed by atoms with Crippen molar-refractivity contribution in [3.8, 4) is 5.75 Å². The summed E-state index contributed by atoms with van der Waals surface area (Å²) in [5.41, 5.74) is -0.878. The summed E-state index contributed by atoms with van der Waals surface area (Å²) in [5.74, 6) is -0.102. The van der Waals surface area contributed by atoms with Gasteiger partial charge < -0.3 is 9.64 Å². The highest BCUT2D eigenvalue weighted by Crippen LogP contribution is 2.31. The summed E-state index contributed by atoms with van der Waals surface area (Å²) in [5, 5.41) is 0. The van der Waals surface area contributed by atoms with Gasteiger partial charge in [0.15, 0.2) is 0 Å². The lowest BCUT2D eigenvalue weighted by molar-refractivity contribution is -0.137. The number of carbonyl (C=O) groups excluding carboxylic acids is 2. The van der Waals surface area contributed by atoms with Crippen molar-refractivity contribution in [3.05, 3.63) is 29.8 Å². The summed E-state index contributed by atoms with van der Waals surface area (Å²) >= 11 is 0. The number of alkyl halides is 3. The molecule has 0 spiro atoms. The fourth-order valence-corrected chi connectivity index (χ4v) is 1.84. The Labute approximate surface area is 113 Å². The van der Waals surface area contributed by atoms with E-state index in [9.17, 15) is 22.8 Å². The molecule has 1 saturated heterocycles. The number of halogens is 3. The van der Waals surface area contributed by atoms with Crippen molar-refractivity contribution in [2.45, 2.75) is 19.0 Å². The predicted octanol–water partition coefficient (Wildman–Crippen LogP) is 2.87. The molecular weight excluding hydrogens is 275 g/mol. The maximum absolute atomic E-state index is 12.5. The van der Waals surface area contributed by atoms with E-state index in [1.165, 1.54) is 17.0 Å². The summed E-state index contributed by atoms with van der Waals surface area (Å²) in [6.45, 7) is 0.466. The Bertz CT molecular complexity index is 518. The lowest BCUT2D eigenvalue weighted by Crippen LogP contribution is -2.40. The van der Waals surface area contributed by atoms with Crippen LogP contribution in [0.1, 0.15) is 18.4 Å². The maximum Gasteiger partial charge on any atom is 0.416 e. The zero-order valence-corrected chi connectivity index (χ0v) is 10.4. The maximum atomic E-state index is 12.5. The Balaban J connectivity index is 2.03. The highest BCUT2D eigenvalue weighted by Gasteiger charge is 2.31. The Morgan fingerprint density at radius 2 is 1.85 bits per heavy atom. The highest BCUT2D eigenvalue weighted by atomic mass is 19.4. The minimum Gasteiger partial charge on any atom is -0.410 e. The van der Waals surface area contributed by atoms with Gasteiger partial charge in [-0.15, -0.1) is 0 Å². The zero-order valence-electron chi connectivity index (χ0n) is 10.4. The van der Waals surface area contributed by atoms with Gasteiger partial charge in [0.05, 0.1) is 5.56 Å². The molecule has 0 bridgehead atoms. The van der Waals surface area contributed by atoms with Gasteiger partial charge in [-0.05, 0) is 18.2 Å². The second-order valence-electron chi connectivity index (χ2n) is 4.42. The lowest BCUT2D eigenvalue weighted by atomic mass is 10.1. The first-order valence-corrected chi connectivity index (χ1v) is 6.02. The van der Waals surface area contributed by atoms with Gasteiger partial charge in [-0.25, -0.2) is 4.79 Å². The first kappa shape index (κ1) is 14.4. The van der Waals surface area contributed by atoms with E-state index in [4.69, 9.17) is 4.74 Å². The van der Waals surface area contributed by atoms with Crippen LogP contribution in [-0.4, -0.2) is 29.9 Å². The van der Waals surface area contributed by atoms with Crippen LogP contribution in [0.5, 0.6) is 5.75 Å². The third-order valence-corrected chi connectivity index (χ3v) is 2.95. The minimum atomic E-state index is -4.49. The molecule has 0 unspecified atom stereocenters. The van der Waals surface area contributed by atoms with Crippen LogP contribution in [0.15, 0.2) is 24.3 Å². The van der Waals surface area contributed by atoms with Crippen LogP contribution in [0, 0.1) is 0 Å². The summed E-state index contributed by atoms with van der Waals surface area (Å²) in [6, 6.07) is 4.12. The number of likely N-dealkylation sites (tertiary alicyclic amines) is 1. The number of rotatable bonds is 1.